The Morgan fingerprint density at radius 3 is 2.51 bits per heavy atom. The van der Waals surface area contributed by atoms with E-state index in [0.29, 0.717) is 23.6 Å². The van der Waals surface area contributed by atoms with Crippen LogP contribution in [0.25, 0.3) is 10.9 Å². The Morgan fingerprint density at radius 1 is 1.03 bits per heavy atom. The summed E-state index contributed by atoms with van der Waals surface area (Å²) in [6.45, 7) is 2.50. The molecule has 1 aliphatic rings. The fraction of sp³-hybridized carbons (Fsp3) is 0.154. The second kappa shape index (κ2) is 9.59. The lowest BCUT2D eigenvalue weighted by atomic mass is 10.1. The Morgan fingerprint density at radius 2 is 1.77 bits per heavy atom. The summed E-state index contributed by atoms with van der Waals surface area (Å²) in [7, 11) is -3.84. The fourth-order valence-corrected chi connectivity index (χ4v) is 6.46. The van der Waals surface area contributed by atoms with Crippen LogP contribution in [0.4, 0.5) is 11.4 Å². The number of hydrogen-bond donors (Lipinski definition) is 1. The van der Waals surface area contributed by atoms with Gasteiger partial charge in [-0.3, -0.25) is 19.4 Å². The third-order valence-corrected chi connectivity index (χ3v) is 8.25. The number of nitrogens with zero attached hydrogens (tertiary/aromatic N) is 2. The number of aromatic nitrogens is 1. The lowest BCUT2D eigenvalue weighted by molar-refractivity contribution is -0.115. The number of fused-ring (bicyclic) bond motifs is 1. The largest absolute Gasteiger partial charge is 0.494 e. The number of para-hydroxylation sites is 1. The van der Waals surface area contributed by atoms with Crippen LogP contribution in [0.3, 0.4) is 0 Å². The van der Waals surface area contributed by atoms with Gasteiger partial charge in [-0.15, -0.1) is 11.8 Å². The molecule has 9 heteroatoms. The zero-order valence-electron chi connectivity index (χ0n) is 18.9. The van der Waals surface area contributed by atoms with Crippen molar-refractivity contribution in [3.63, 3.8) is 0 Å². The monoisotopic (exact) mass is 505 g/mol. The molecule has 1 atom stereocenters. The molecule has 1 aromatic heterocycles. The van der Waals surface area contributed by atoms with E-state index in [1.165, 1.54) is 11.8 Å². The molecule has 5 rings (SSSR count). The zero-order valence-corrected chi connectivity index (χ0v) is 20.6. The summed E-state index contributed by atoms with van der Waals surface area (Å²) in [4.78, 5) is 18.8. The van der Waals surface area contributed by atoms with Crippen LogP contribution < -0.4 is 14.4 Å². The molecular formula is C26H23N3O4S2. The number of ether oxygens (including phenoxy) is 1. The van der Waals surface area contributed by atoms with Gasteiger partial charge in [-0.25, -0.2) is 8.42 Å². The van der Waals surface area contributed by atoms with Crippen LogP contribution >= 0.6 is 11.8 Å². The summed E-state index contributed by atoms with van der Waals surface area (Å²) in [5.74, 6) is 1.16. The SMILES string of the molecule is CCOc1ccc(N2C(=O)CS[C@@H]2c2ccc(NS(=O)(=O)c3cccc4cccnc34)cc2)cc1. The van der Waals surface area contributed by atoms with Crippen LogP contribution in [0.5, 0.6) is 5.75 Å². The number of benzene rings is 3. The molecule has 0 bridgehead atoms. The number of carbonyl (C=O) groups excluding carboxylic acids is 1. The number of sulfonamides is 1. The van der Waals surface area contributed by atoms with E-state index in [-0.39, 0.29) is 16.2 Å². The standard InChI is InChI=1S/C26H23N3O4S2/c1-2-33-22-14-12-21(13-15-22)29-24(30)17-34-26(29)19-8-10-20(11-9-19)28-35(31,32)23-7-3-5-18-6-4-16-27-25(18)23/h3-16,26,28H,2,17H2,1H3/t26-/m1/s1. The minimum absolute atomic E-state index is 0.0254. The van der Waals surface area contributed by atoms with Gasteiger partial charge in [0.2, 0.25) is 5.91 Å². The summed E-state index contributed by atoms with van der Waals surface area (Å²) in [5, 5.41) is 0.552. The van der Waals surface area contributed by atoms with E-state index in [4.69, 9.17) is 4.74 Å². The van der Waals surface area contributed by atoms with Crippen molar-refractivity contribution in [3.8, 4) is 5.75 Å². The average Bonchev–Trinajstić information content (AvgIpc) is 3.26. The van der Waals surface area contributed by atoms with E-state index < -0.39 is 10.0 Å². The third kappa shape index (κ3) is 4.69. The first kappa shape index (κ1) is 23.2. The highest BCUT2D eigenvalue weighted by Crippen LogP contribution is 2.42. The number of pyridine rings is 1. The predicted octanol–water partition coefficient (Wildman–Crippen LogP) is 5.21. The Kier molecular flexibility index (Phi) is 6.36. The van der Waals surface area contributed by atoms with Gasteiger partial charge in [0.25, 0.3) is 10.0 Å². The molecule has 0 unspecified atom stereocenters. The predicted molar refractivity (Wildman–Crippen MR) is 139 cm³/mol. The highest BCUT2D eigenvalue weighted by atomic mass is 32.2. The number of carbonyl (C=O) groups is 1. The molecule has 0 radical (unpaired) electrons. The van der Waals surface area contributed by atoms with Crippen molar-refractivity contribution in [2.24, 2.45) is 0 Å². The number of rotatable bonds is 7. The molecule has 7 nitrogen and oxygen atoms in total. The van der Waals surface area contributed by atoms with Gasteiger partial charge in [0.1, 0.15) is 16.0 Å². The summed E-state index contributed by atoms with van der Waals surface area (Å²) >= 11 is 1.54. The van der Waals surface area contributed by atoms with Crippen LogP contribution in [-0.4, -0.2) is 31.7 Å². The highest BCUT2D eigenvalue weighted by Gasteiger charge is 2.34. The molecule has 0 aliphatic carbocycles. The van der Waals surface area contributed by atoms with Crippen molar-refractivity contribution >= 4 is 50.0 Å². The fourth-order valence-electron chi connectivity index (χ4n) is 4.04. The van der Waals surface area contributed by atoms with E-state index >= 15 is 0 Å². The first-order chi connectivity index (χ1) is 17.0. The zero-order chi connectivity index (χ0) is 24.4. The first-order valence-electron chi connectivity index (χ1n) is 11.1. The highest BCUT2D eigenvalue weighted by molar-refractivity contribution is 8.00. The van der Waals surface area contributed by atoms with E-state index in [2.05, 4.69) is 9.71 Å². The normalized spacial score (nSPS) is 16.0. The molecule has 0 saturated carbocycles. The Hall–Kier alpha value is -3.56. The third-order valence-electron chi connectivity index (χ3n) is 5.63. The van der Waals surface area contributed by atoms with Crippen LogP contribution in [0.15, 0.2) is 90.0 Å². The smallest absolute Gasteiger partial charge is 0.264 e. The van der Waals surface area contributed by atoms with Crippen LogP contribution in [0.2, 0.25) is 0 Å². The lowest BCUT2D eigenvalue weighted by Crippen LogP contribution is -2.27. The van der Waals surface area contributed by atoms with Crippen molar-refractivity contribution < 1.29 is 17.9 Å². The molecule has 1 amide bonds. The maximum absolute atomic E-state index is 13.1. The molecular weight excluding hydrogens is 482 g/mol. The minimum Gasteiger partial charge on any atom is -0.494 e. The molecule has 1 aliphatic heterocycles. The van der Waals surface area contributed by atoms with Gasteiger partial charge in [0.05, 0.1) is 17.9 Å². The number of hydrogen-bond acceptors (Lipinski definition) is 6. The van der Waals surface area contributed by atoms with Crippen LogP contribution in [-0.2, 0) is 14.8 Å². The Balaban J connectivity index is 1.37. The van der Waals surface area contributed by atoms with Gasteiger partial charge in [0.15, 0.2) is 0 Å². The van der Waals surface area contributed by atoms with E-state index in [1.807, 2.05) is 55.5 Å². The Bertz CT molecular complexity index is 1470. The van der Waals surface area contributed by atoms with Gasteiger partial charge in [-0.1, -0.05) is 30.3 Å². The molecule has 1 fully saturated rings. The topological polar surface area (TPSA) is 88.6 Å². The lowest BCUT2D eigenvalue weighted by Gasteiger charge is -2.24. The van der Waals surface area contributed by atoms with Gasteiger partial charge in [-0.2, -0.15) is 0 Å². The second-order valence-corrected chi connectivity index (χ2v) is 10.6. The number of anilines is 2. The van der Waals surface area contributed by atoms with Crippen LogP contribution in [0, 0.1) is 0 Å². The maximum Gasteiger partial charge on any atom is 0.264 e. The minimum atomic E-state index is -3.84. The van der Waals surface area contributed by atoms with Gasteiger partial charge in [-0.05, 0) is 61.0 Å². The molecule has 3 aromatic carbocycles. The molecule has 2 heterocycles. The molecule has 35 heavy (non-hydrogen) atoms. The summed E-state index contributed by atoms with van der Waals surface area (Å²) < 4.78 is 34.3. The van der Waals surface area contributed by atoms with Crippen molar-refractivity contribution in [2.75, 3.05) is 22.0 Å². The molecule has 0 spiro atoms. The Labute approximate surface area is 208 Å². The second-order valence-electron chi connectivity index (χ2n) is 7.91. The quantitative estimate of drug-likeness (QED) is 0.371. The van der Waals surface area contributed by atoms with Crippen molar-refractivity contribution in [3.05, 3.63) is 90.6 Å². The van der Waals surface area contributed by atoms with Gasteiger partial charge < -0.3 is 4.74 Å². The van der Waals surface area contributed by atoms with E-state index in [1.54, 1.807) is 41.4 Å². The molecule has 1 N–H and O–H groups in total. The van der Waals surface area contributed by atoms with Crippen molar-refractivity contribution in [1.82, 2.24) is 4.98 Å². The summed E-state index contributed by atoms with van der Waals surface area (Å²) in [6, 6.07) is 23.2. The molecule has 1 saturated heterocycles. The maximum atomic E-state index is 13.1. The van der Waals surface area contributed by atoms with Crippen molar-refractivity contribution in [1.29, 1.82) is 0 Å². The van der Waals surface area contributed by atoms with Crippen LogP contribution in [0.1, 0.15) is 17.9 Å². The van der Waals surface area contributed by atoms with Gasteiger partial charge in [0, 0.05) is 23.0 Å². The molecule has 178 valence electrons. The average molecular weight is 506 g/mol. The number of nitrogens with one attached hydrogen (secondary N) is 1. The summed E-state index contributed by atoms with van der Waals surface area (Å²) in [5.41, 5.74) is 2.56. The van der Waals surface area contributed by atoms with E-state index in [9.17, 15) is 13.2 Å². The number of amides is 1. The van der Waals surface area contributed by atoms with Gasteiger partial charge >= 0.3 is 0 Å². The first-order valence-corrected chi connectivity index (χ1v) is 13.6. The molecule has 4 aromatic rings. The summed E-state index contributed by atoms with van der Waals surface area (Å²) in [6.07, 6.45) is 1.58. The van der Waals surface area contributed by atoms with Crippen molar-refractivity contribution in [2.45, 2.75) is 17.2 Å². The number of thioether (sulfide) groups is 1. The van der Waals surface area contributed by atoms with E-state index in [0.717, 1.165) is 22.4 Å².